The number of aryl methyl sites for hydroxylation is 1. The predicted octanol–water partition coefficient (Wildman–Crippen LogP) is 4.27. The first-order valence-corrected chi connectivity index (χ1v) is 13.2. The van der Waals surface area contributed by atoms with E-state index in [4.69, 9.17) is 4.74 Å². The minimum absolute atomic E-state index is 0.256. The summed E-state index contributed by atoms with van der Waals surface area (Å²) in [6, 6.07) is 15.5. The molecule has 0 bridgehead atoms. The molecule has 194 valence electrons. The van der Waals surface area contributed by atoms with Crippen molar-refractivity contribution in [3.8, 4) is 11.4 Å². The van der Waals surface area contributed by atoms with E-state index in [1.54, 1.807) is 31.4 Å². The maximum absolute atomic E-state index is 13.7. The van der Waals surface area contributed by atoms with Crippen LogP contribution >= 0.6 is 0 Å². The smallest absolute Gasteiger partial charge is 0.296 e. The van der Waals surface area contributed by atoms with Crippen molar-refractivity contribution in [1.29, 1.82) is 0 Å². The number of hydrogen-bond acceptors (Lipinski definition) is 5. The number of likely N-dealkylation sites (tertiary alicyclic amines) is 1. The van der Waals surface area contributed by atoms with Gasteiger partial charge in [-0.2, -0.15) is 9.78 Å². The minimum Gasteiger partial charge on any atom is -0.497 e. The normalized spacial score (nSPS) is 16.4. The van der Waals surface area contributed by atoms with Crippen molar-refractivity contribution in [2.75, 3.05) is 26.7 Å². The van der Waals surface area contributed by atoms with Gasteiger partial charge in [0.25, 0.3) is 11.5 Å². The Morgan fingerprint density at radius 1 is 1.14 bits per heavy atom. The summed E-state index contributed by atoms with van der Waals surface area (Å²) in [6.07, 6.45) is 5.86. The highest BCUT2D eigenvalue weighted by atomic mass is 16.5. The van der Waals surface area contributed by atoms with Gasteiger partial charge in [0.15, 0.2) is 5.69 Å². The van der Waals surface area contributed by atoms with E-state index in [1.807, 2.05) is 35.9 Å². The summed E-state index contributed by atoms with van der Waals surface area (Å²) in [5, 5.41) is 9.13. The Bertz CT molecular complexity index is 1470. The molecular weight excluding hydrogens is 466 g/mol. The second-order valence-corrected chi connectivity index (χ2v) is 9.77. The maximum atomic E-state index is 13.7. The number of fused-ring (bicyclic) bond motifs is 3. The number of rotatable bonds is 8. The van der Waals surface area contributed by atoms with Gasteiger partial charge >= 0.3 is 0 Å². The van der Waals surface area contributed by atoms with Crippen LogP contribution in [0, 0.1) is 0 Å². The lowest BCUT2D eigenvalue weighted by Gasteiger charge is -2.35. The number of piperidine rings is 1. The second-order valence-electron chi connectivity index (χ2n) is 9.77. The quantitative estimate of drug-likeness (QED) is 0.365. The van der Waals surface area contributed by atoms with Gasteiger partial charge in [0.1, 0.15) is 11.3 Å². The topological polar surface area (TPSA) is 81.4 Å². The summed E-state index contributed by atoms with van der Waals surface area (Å²) in [5.41, 5.74) is 1.89. The van der Waals surface area contributed by atoms with Crippen molar-refractivity contribution < 1.29 is 9.53 Å². The van der Waals surface area contributed by atoms with E-state index in [2.05, 4.69) is 22.2 Å². The number of hydrogen-bond donors (Lipinski definition) is 1. The van der Waals surface area contributed by atoms with Crippen LogP contribution in [0.25, 0.3) is 27.5 Å². The van der Waals surface area contributed by atoms with Gasteiger partial charge in [-0.15, -0.1) is 0 Å². The molecular formula is C29H35N5O3. The Hall–Kier alpha value is -3.65. The average molecular weight is 502 g/mol. The molecule has 8 nitrogen and oxygen atoms in total. The number of ether oxygens (including phenoxy) is 1. The van der Waals surface area contributed by atoms with Crippen molar-refractivity contribution in [3.05, 3.63) is 64.6 Å². The number of methoxy groups -OCH3 is 1. The number of amides is 1. The summed E-state index contributed by atoms with van der Waals surface area (Å²) in [4.78, 5) is 29.8. The zero-order chi connectivity index (χ0) is 25.9. The zero-order valence-corrected chi connectivity index (χ0v) is 21.9. The third-order valence-corrected chi connectivity index (χ3v) is 7.60. The van der Waals surface area contributed by atoms with Crippen molar-refractivity contribution in [2.24, 2.45) is 7.05 Å². The van der Waals surface area contributed by atoms with E-state index in [0.29, 0.717) is 34.9 Å². The summed E-state index contributed by atoms with van der Waals surface area (Å²) in [6.45, 7) is 4.92. The molecule has 2 aromatic carbocycles. The first-order valence-electron chi connectivity index (χ1n) is 13.2. The Labute approximate surface area is 216 Å². The Morgan fingerprint density at radius 2 is 1.92 bits per heavy atom. The molecule has 1 N–H and O–H groups in total. The van der Waals surface area contributed by atoms with Crippen LogP contribution in [0.2, 0.25) is 0 Å². The molecule has 8 heteroatoms. The molecule has 1 amide bonds. The average Bonchev–Trinajstić information content (AvgIpc) is 3.24. The lowest BCUT2D eigenvalue weighted by atomic mass is 10.00. The molecule has 1 aliphatic rings. The van der Waals surface area contributed by atoms with E-state index in [1.165, 1.54) is 30.4 Å². The van der Waals surface area contributed by atoms with Gasteiger partial charge in [0, 0.05) is 42.5 Å². The van der Waals surface area contributed by atoms with Crippen LogP contribution in [-0.2, 0) is 7.05 Å². The minimum atomic E-state index is -0.272. The lowest BCUT2D eigenvalue weighted by molar-refractivity contribution is 0.0942. The van der Waals surface area contributed by atoms with Gasteiger partial charge in [-0.1, -0.05) is 31.5 Å². The summed E-state index contributed by atoms with van der Waals surface area (Å²) in [5.74, 6) is 0.411. The van der Waals surface area contributed by atoms with E-state index < -0.39 is 0 Å². The van der Waals surface area contributed by atoms with Crippen molar-refractivity contribution in [1.82, 2.24) is 24.6 Å². The molecule has 1 saturated heterocycles. The maximum Gasteiger partial charge on any atom is 0.296 e. The van der Waals surface area contributed by atoms with Gasteiger partial charge in [-0.05, 0) is 62.6 Å². The molecule has 1 unspecified atom stereocenters. The van der Waals surface area contributed by atoms with Crippen LogP contribution in [0.5, 0.6) is 5.75 Å². The number of para-hydroxylation sites is 1. The number of nitrogens with zero attached hydrogens (tertiary/aromatic N) is 4. The Kier molecular flexibility index (Phi) is 7.28. The molecule has 0 saturated carbocycles. The predicted molar refractivity (Wildman–Crippen MR) is 147 cm³/mol. The van der Waals surface area contributed by atoms with Crippen LogP contribution in [0.3, 0.4) is 0 Å². The van der Waals surface area contributed by atoms with Crippen LogP contribution < -0.4 is 15.6 Å². The Morgan fingerprint density at radius 3 is 2.68 bits per heavy atom. The Balaban J connectivity index is 1.48. The molecule has 0 radical (unpaired) electrons. The lowest BCUT2D eigenvalue weighted by Crippen LogP contribution is -2.40. The SMILES string of the molecule is CCC1CCCCN1CCCNC(=O)c1nn(-c2ccc(OC)cc2)c(=O)c2c1c1ccccc1n2C. The van der Waals surface area contributed by atoms with Gasteiger partial charge in [0.2, 0.25) is 0 Å². The molecule has 3 heterocycles. The fraction of sp³-hybridized carbons (Fsp3) is 0.414. The van der Waals surface area contributed by atoms with Crippen LogP contribution in [0.4, 0.5) is 0 Å². The first kappa shape index (κ1) is 25.0. The fourth-order valence-electron chi connectivity index (χ4n) is 5.62. The standard InChI is InChI=1S/C29H35N5O3/c1-4-20-10-7-8-18-33(20)19-9-17-30-28(35)26-25-23-11-5-6-12-24(23)32(2)27(25)29(36)34(31-26)21-13-15-22(37-3)16-14-21/h5-6,11-16,20H,4,7-10,17-19H2,1-3H3,(H,30,35). The molecule has 1 aliphatic heterocycles. The largest absolute Gasteiger partial charge is 0.497 e. The highest BCUT2D eigenvalue weighted by Gasteiger charge is 2.24. The van der Waals surface area contributed by atoms with E-state index >= 15 is 0 Å². The van der Waals surface area contributed by atoms with Crippen LogP contribution in [0.15, 0.2) is 53.3 Å². The van der Waals surface area contributed by atoms with E-state index in [9.17, 15) is 9.59 Å². The molecule has 1 fully saturated rings. The van der Waals surface area contributed by atoms with Crippen molar-refractivity contribution in [2.45, 2.75) is 45.1 Å². The number of nitrogens with one attached hydrogen (secondary N) is 1. The monoisotopic (exact) mass is 501 g/mol. The fourth-order valence-corrected chi connectivity index (χ4v) is 5.62. The first-order chi connectivity index (χ1) is 18.0. The van der Waals surface area contributed by atoms with E-state index in [0.717, 1.165) is 30.4 Å². The van der Waals surface area contributed by atoms with Crippen LogP contribution in [0.1, 0.15) is 49.5 Å². The highest BCUT2D eigenvalue weighted by Crippen LogP contribution is 2.28. The summed E-state index contributed by atoms with van der Waals surface area (Å²) >= 11 is 0. The number of carbonyl (C=O) groups excluding carboxylic acids is 1. The number of carbonyl (C=O) groups is 1. The third-order valence-electron chi connectivity index (χ3n) is 7.60. The van der Waals surface area contributed by atoms with Gasteiger partial charge < -0.3 is 19.5 Å². The van der Waals surface area contributed by atoms with Gasteiger partial charge in [-0.25, -0.2) is 0 Å². The third kappa shape index (κ3) is 4.73. The van der Waals surface area contributed by atoms with Crippen LogP contribution in [-0.4, -0.2) is 57.9 Å². The molecule has 0 aliphatic carbocycles. The van der Waals surface area contributed by atoms with Gasteiger partial charge in [0.05, 0.1) is 12.8 Å². The molecule has 0 spiro atoms. The zero-order valence-electron chi connectivity index (χ0n) is 21.9. The summed E-state index contributed by atoms with van der Waals surface area (Å²) in [7, 11) is 3.45. The summed E-state index contributed by atoms with van der Waals surface area (Å²) < 4.78 is 8.43. The van der Waals surface area contributed by atoms with Crippen molar-refractivity contribution >= 4 is 27.7 Å². The van der Waals surface area contributed by atoms with Gasteiger partial charge in [-0.3, -0.25) is 9.59 Å². The second kappa shape index (κ2) is 10.8. The molecule has 1 atom stereocenters. The molecule has 37 heavy (non-hydrogen) atoms. The number of aromatic nitrogens is 3. The van der Waals surface area contributed by atoms with E-state index in [-0.39, 0.29) is 17.2 Å². The molecule has 4 aromatic rings. The molecule has 2 aromatic heterocycles. The van der Waals surface area contributed by atoms with Crippen molar-refractivity contribution in [3.63, 3.8) is 0 Å². The number of benzene rings is 2. The highest BCUT2D eigenvalue weighted by molar-refractivity contribution is 6.16. The molecule has 5 rings (SSSR count).